The highest BCUT2D eigenvalue weighted by Crippen LogP contribution is 2.11. The van der Waals surface area contributed by atoms with Crippen molar-refractivity contribution in [2.45, 2.75) is 56.3 Å². The van der Waals surface area contributed by atoms with E-state index in [0.717, 1.165) is 0 Å². The number of nitrogens with one attached hydrogen (secondary N) is 3. The number of nitrogens with two attached hydrogens (primary N) is 3. The van der Waals surface area contributed by atoms with Crippen LogP contribution in [0.2, 0.25) is 0 Å². The van der Waals surface area contributed by atoms with E-state index in [1.807, 2.05) is 0 Å². The summed E-state index contributed by atoms with van der Waals surface area (Å²) in [5, 5.41) is 26.0. The lowest BCUT2D eigenvalue weighted by atomic mass is 10.0. The van der Waals surface area contributed by atoms with Gasteiger partial charge in [0.15, 0.2) is 0 Å². The Morgan fingerprint density at radius 1 is 0.683 bits per heavy atom. The van der Waals surface area contributed by atoms with Gasteiger partial charge in [-0.2, -0.15) is 0 Å². The van der Waals surface area contributed by atoms with Crippen LogP contribution in [0.3, 0.4) is 0 Å². The van der Waals surface area contributed by atoms with Gasteiger partial charge in [-0.25, -0.2) is 4.79 Å². The lowest BCUT2D eigenvalue weighted by Gasteiger charge is -2.24. The average molecular weight is 571 g/mol. The molecule has 0 spiro atoms. The molecule has 11 N–H and O–H groups in total. The first-order valence-corrected chi connectivity index (χ1v) is 12.6. The van der Waals surface area contributed by atoms with E-state index in [9.17, 15) is 39.0 Å². The van der Waals surface area contributed by atoms with Crippen LogP contribution in [-0.2, 0) is 41.6 Å². The molecule has 0 fully saturated rings. The summed E-state index contributed by atoms with van der Waals surface area (Å²) in [6.07, 6.45) is -1.28. The van der Waals surface area contributed by atoms with Gasteiger partial charge < -0.3 is 43.4 Å². The summed E-state index contributed by atoms with van der Waals surface area (Å²) in [5.74, 6) is -5.74. The Hall–Kier alpha value is -4.98. The number of hydrogen-bond donors (Lipinski definition) is 8. The topological polar surface area (TPSA) is 257 Å². The fraction of sp³-hybridized carbons (Fsp3) is 0.333. The third-order valence-electron chi connectivity index (χ3n) is 5.98. The molecule has 220 valence electrons. The summed E-state index contributed by atoms with van der Waals surface area (Å²) < 4.78 is 0. The van der Waals surface area contributed by atoms with Crippen molar-refractivity contribution >= 4 is 35.5 Å². The zero-order chi connectivity index (χ0) is 30.5. The highest BCUT2D eigenvalue weighted by atomic mass is 16.4. The highest BCUT2D eigenvalue weighted by molar-refractivity contribution is 5.96. The molecule has 4 unspecified atom stereocenters. The number of primary amides is 2. The van der Waals surface area contributed by atoms with Crippen LogP contribution in [0.1, 0.15) is 30.4 Å². The minimum absolute atomic E-state index is 0.0228. The molecule has 0 bridgehead atoms. The summed E-state index contributed by atoms with van der Waals surface area (Å²) in [4.78, 5) is 73.7. The van der Waals surface area contributed by atoms with Gasteiger partial charge in [0.2, 0.25) is 29.5 Å². The van der Waals surface area contributed by atoms with E-state index in [-0.39, 0.29) is 31.4 Å². The Labute approximate surface area is 235 Å². The van der Waals surface area contributed by atoms with E-state index in [1.165, 1.54) is 12.1 Å². The maximum atomic E-state index is 13.1. The zero-order valence-corrected chi connectivity index (χ0v) is 22.1. The molecule has 2 rings (SSSR count). The van der Waals surface area contributed by atoms with Crippen molar-refractivity contribution in [3.8, 4) is 5.75 Å². The Bertz CT molecular complexity index is 1240. The number of phenolic OH excluding ortho intramolecular Hbond substituents is 1. The molecule has 0 saturated carbocycles. The molecule has 4 atom stereocenters. The van der Waals surface area contributed by atoms with Gasteiger partial charge in [0, 0.05) is 12.8 Å². The van der Waals surface area contributed by atoms with Crippen LogP contribution in [0.15, 0.2) is 54.6 Å². The van der Waals surface area contributed by atoms with Gasteiger partial charge in [-0.15, -0.1) is 0 Å². The van der Waals surface area contributed by atoms with Gasteiger partial charge in [-0.05, 0) is 36.1 Å². The van der Waals surface area contributed by atoms with Crippen molar-refractivity contribution in [2.24, 2.45) is 17.2 Å². The smallest absolute Gasteiger partial charge is 0.326 e. The molecule has 41 heavy (non-hydrogen) atoms. The number of hydrogen-bond acceptors (Lipinski definition) is 8. The van der Waals surface area contributed by atoms with Crippen molar-refractivity contribution in [3.05, 3.63) is 65.7 Å². The maximum absolute atomic E-state index is 13.1. The van der Waals surface area contributed by atoms with Crippen molar-refractivity contribution in [1.29, 1.82) is 0 Å². The number of benzene rings is 2. The number of carboxylic acids is 1. The number of rotatable bonds is 16. The lowest BCUT2D eigenvalue weighted by Crippen LogP contribution is -2.58. The normalized spacial score (nSPS) is 13.6. The van der Waals surface area contributed by atoms with Gasteiger partial charge >= 0.3 is 5.97 Å². The first-order chi connectivity index (χ1) is 19.3. The van der Waals surface area contributed by atoms with E-state index in [0.29, 0.717) is 11.1 Å². The summed E-state index contributed by atoms with van der Waals surface area (Å²) in [6, 6.07) is 8.96. The third kappa shape index (κ3) is 11.3. The van der Waals surface area contributed by atoms with Crippen LogP contribution in [-0.4, -0.2) is 69.9 Å². The van der Waals surface area contributed by atoms with Crippen LogP contribution in [0.25, 0.3) is 0 Å². The first kappa shape index (κ1) is 32.2. The molecule has 5 amide bonds. The second kappa shape index (κ2) is 15.6. The Kier molecular flexibility index (Phi) is 12.2. The summed E-state index contributed by atoms with van der Waals surface area (Å²) in [5.41, 5.74) is 17.6. The Balaban J connectivity index is 2.15. The number of carboxylic acid groups (broad SMARTS) is 1. The number of carbonyl (C=O) groups is 6. The summed E-state index contributed by atoms with van der Waals surface area (Å²) in [6.45, 7) is 0. The molecule has 0 aliphatic carbocycles. The van der Waals surface area contributed by atoms with E-state index < -0.39 is 66.1 Å². The number of aliphatic carboxylic acids is 1. The van der Waals surface area contributed by atoms with Gasteiger partial charge in [0.25, 0.3) is 0 Å². The van der Waals surface area contributed by atoms with E-state index in [1.54, 1.807) is 42.5 Å². The molecule has 2 aromatic carbocycles. The molecule has 2 aromatic rings. The molecular weight excluding hydrogens is 536 g/mol. The Morgan fingerprint density at radius 2 is 1.22 bits per heavy atom. The minimum Gasteiger partial charge on any atom is -0.508 e. The van der Waals surface area contributed by atoms with E-state index in [4.69, 9.17) is 17.2 Å². The molecule has 0 saturated heterocycles. The third-order valence-corrected chi connectivity index (χ3v) is 5.98. The van der Waals surface area contributed by atoms with Crippen molar-refractivity contribution < 1.29 is 39.0 Å². The predicted octanol–water partition coefficient (Wildman–Crippen LogP) is -1.82. The lowest BCUT2D eigenvalue weighted by molar-refractivity contribution is -0.142. The Morgan fingerprint density at radius 3 is 1.78 bits per heavy atom. The first-order valence-electron chi connectivity index (χ1n) is 12.6. The van der Waals surface area contributed by atoms with E-state index >= 15 is 0 Å². The average Bonchev–Trinajstić information content (AvgIpc) is 2.91. The van der Waals surface area contributed by atoms with Crippen LogP contribution >= 0.6 is 0 Å². The molecule has 14 nitrogen and oxygen atoms in total. The summed E-state index contributed by atoms with van der Waals surface area (Å²) in [7, 11) is 0. The molecule has 0 radical (unpaired) electrons. The molecule has 0 aliphatic heterocycles. The summed E-state index contributed by atoms with van der Waals surface area (Å²) >= 11 is 0. The van der Waals surface area contributed by atoms with E-state index in [2.05, 4.69) is 16.0 Å². The molecular formula is C27H34N6O8. The highest BCUT2D eigenvalue weighted by Gasteiger charge is 2.31. The van der Waals surface area contributed by atoms with Crippen molar-refractivity contribution in [3.63, 3.8) is 0 Å². The van der Waals surface area contributed by atoms with Crippen molar-refractivity contribution in [1.82, 2.24) is 16.0 Å². The van der Waals surface area contributed by atoms with Crippen LogP contribution in [0.5, 0.6) is 5.75 Å². The van der Waals surface area contributed by atoms with Gasteiger partial charge in [-0.3, -0.25) is 24.0 Å². The van der Waals surface area contributed by atoms with Crippen molar-refractivity contribution in [2.75, 3.05) is 0 Å². The fourth-order valence-corrected chi connectivity index (χ4v) is 3.82. The monoisotopic (exact) mass is 570 g/mol. The van der Waals surface area contributed by atoms with Crippen LogP contribution in [0, 0.1) is 0 Å². The van der Waals surface area contributed by atoms with Crippen LogP contribution in [0.4, 0.5) is 0 Å². The molecule has 0 aromatic heterocycles. The molecule has 0 aliphatic rings. The fourth-order valence-electron chi connectivity index (χ4n) is 3.82. The van der Waals surface area contributed by atoms with Crippen LogP contribution < -0.4 is 33.2 Å². The quantitative estimate of drug-likeness (QED) is 0.113. The second-order valence-electron chi connectivity index (χ2n) is 9.36. The SMILES string of the molecule is NC(=O)CCC(NC(=O)C(CC(N)=O)NC(=O)C(N)Cc1ccc(O)cc1)C(=O)NC(Cc1ccccc1)C(=O)O. The standard InChI is InChI=1S/C27H34N6O8/c28-18(12-16-6-8-17(34)9-7-16)24(37)32-20(14-23(30)36)26(39)31-19(10-11-22(29)35)25(38)33-21(27(40)41)13-15-4-2-1-3-5-15/h1-9,18-21,34H,10-14,28H2,(H2,29,35)(H2,30,36)(H,31,39)(H,32,37)(H,33,38)(H,40,41). The minimum atomic E-state index is -1.53. The number of aromatic hydroxyl groups is 1. The zero-order valence-electron chi connectivity index (χ0n) is 22.1. The molecule has 14 heteroatoms. The number of phenols is 1. The molecule has 0 heterocycles. The second-order valence-corrected chi connectivity index (χ2v) is 9.36. The number of amides is 5. The van der Waals surface area contributed by atoms with Gasteiger partial charge in [0.1, 0.15) is 23.9 Å². The maximum Gasteiger partial charge on any atom is 0.326 e. The predicted molar refractivity (Wildman–Crippen MR) is 146 cm³/mol. The van der Waals surface area contributed by atoms with Gasteiger partial charge in [-0.1, -0.05) is 42.5 Å². The largest absolute Gasteiger partial charge is 0.508 e. The van der Waals surface area contributed by atoms with Gasteiger partial charge in [0.05, 0.1) is 12.5 Å². The number of carbonyl (C=O) groups excluding carboxylic acids is 5.